The highest BCUT2D eigenvalue weighted by molar-refractivity contribution is 5.94. The van der Waals surface area contributed by atoms with Crippen molar-refractivity contribution in [1.82, 2.24) is 20.0 Å². The number of piperidine rings is 1. The molecule has 1 aliphatic heterocycles. The van der Waals surface area contributed by atoms with Gasteiger partial charge in [-0.2, -0.15) is 18.3 Å². The van der Waals surface area contributed by atoms with Gasteiger partial charge in [-0.05, 0) is 51.3 Å². The number of aromatic nitrogens is 2. The fourth-order valence-electron chi connectivity index (χ4n) is 5.68. The highest BCUT2D eigenvalue weighted by Gasteiger charge is 2.38. The fourth-order valence-corrected chi connectivity index (χ4v) is 5.68. The number of carboxylic acids is 1. The van der Waals surface area contributed by atoms with E-state index in [9.17, 15) is 36.6 Å². The summed E-state index contributed by atoms with van der Waals surface area (Å²) in [6, 6.07) is 4.94. The quantitative estimate of drug-likeness (QED) is 0.383. The summed E-state index contributed by atoms with van der Waals surface area (Å²) in [4.78, 5) is 26.4. The van der Waals surface area contributed by atoms with Crippen molar-refractivity contribution < 1.29 is 36.6 Å². The summed E-state index contributed by atoms with van der Waals surface area (Å²) in [5, 5.41) is 16.5. The average molecular weight is 557 g/mol. The van der Waals surface area contributed by atoms with Crippen LogP contribution in [-0.2, 0) is 11.0 Å². The molecular formula is C27H33F5N4O3. The molecule has 1 saturated carbocycles. The molecule has 1 saturated heterocycles. The molecule has 2 N–H and O–H groups in total. The molecule has 7 nitrogen and oxygen atoms in total. The molecule has 0 spiro atoms. The molecule has 1 aliphatic carbocycles. The first-order valence-electron chi connectivity index (χ1n) is 13.2. The van der Waals surface area contributed by atoms with Crippen molar-refractivity contribution in [2.24, 2.45) is 0 Å². The number of likely N-dealkylation sites (tertiary alicyclic amines) is 1. The number of nitrogens with zero attached hydrogens (tertiary/aromatic N) is 3. The molecule has 1 amide bonds. The molecule has 214 valence electrons. The van der Waals surface area contributed by atoms with E-state index >= 15 is 0 Å². The second-order valence-corrected chi connectivity index (χ2v) is 10.6. The second-order valence-electron chi connectivity index (χ2n) is 10.6. The van der Waals surface area contributed by atoms with Crippen molar-refractivity contribution in [3.63, 3.8) is 0 Å². The summed E-state index contributed by atoms with van der Waals surface area (Å²) >= 11 is 0. The number of alkyl halides is 5. The molecule has 0 unspecified atom stereocenters. The third-order valence-corrected chi connectivity index (χ3v) is 7.57. The maximum Gasteiger partial charge on any atom is 0.417 e. The van der Waals surface area contributed by atoms with Gasteiger partial charge in [-0.25, -0.2) is 8.78 Å². The number of benzene rings is 1. The molecule has 2 heterocycles. The number of aliphatic carboxylic acids is 1. The van der Waals surface area contributed by atoms with Gasteiger partial charge in [-0.3, -0.25) is 19.2 Å². The zero-order valence-electron chi connectivity index (χ0n) is 21.7. The van der Waals surface area contributed by atoms with Gasteiger partial charge in [-0.1, -0.05) is 31.0 Å². The Balaban J connectivity index is 1.59. The Morgan fingerprint density at radius 2 is 1.87 bits per heavy atom. The van der Waals surface area contributed by atoms with E-state index in [0.717, 1.165) is 18.9 Å². The molecule has 4 rings (SSSR count). The molecule has 2 atom stereocenters. The van der Waals surface area contributed by atoms with Crippen LogP contribution in [0.15, 0.2) is 30.3 Å². The van der Waals surface area contributed by atoms with Crippen LogP contribution in [0.2, 0.25) is 0 Å². The zero-order valence-corrected chi connectivity index (χ0v) is 21.7. The number of amides is 1. The number of carboxylic acid groups (broad SMARTS) is 1. The molecular weight excluding hydrogens is 523 g/mol. The van der Waals surface area contributed by atoms with Crippen molar-refractivity contribution in [2.75, 3.05) is 13.1 Å². The lowest BCUT2D eigenvalue weighted by atomic mass is 9.99. The minimum absolute atomic E-state index is 0.0924. The van der Waals surface area contributed by atoms with Crippen LogP contribution in [0.25, 0.3) is 11.3 Å². The largest absolute Gasteiger partial charge is 0.481 e. The number of hydrogen-bond donors (Lipinski definition) is 2. The van der Waals surface area contributed by atoms with Crippen molar-refractivity contribution >= 4 is 11.9 Å². The van der Waals surface area contributed by atoms with Crippen molar-refractivity contribution in [1.29, 1.82) is 0 Å². The van der Waals surface area contributed by atoms with Crippen LogP contribution in [0.4, 0.5) is 22.0 Å². The Bertz CT molecular complexity index is 1180. The summed E-state index contributed by atoms with van der Waals surface area (Å²) in [5.41, 5.74) is -0.891. The van der Waals surface area contributed by atoms with Crippen LogP contribution < -0.4 is 5.32 Å². The lowest BCUT2D eigenvalue weighted by molar-refractivity contribution is -0.138. The van der Waals surface area contributed by atoms with Gasteiger partial charge >= 0.3 is 12.1 Å². The van der Waals surface area contributed by atoms with Gasteiger partial charge in [-0.15, -0.1) is 0 Å². The molecule has 39 heavy (non-hydrogen) atoms. The molecule has 0 radical (unpaired) electrons. The Morgan fingerprint density at radius 1 is 1.18 bits per heavy atom. The van der Waals surface area contributed by atoms with E-state index in [4.69, 9.17) is 0 Å². The predicted molar refractivity (Wildman–Crippen MR) is 134 cm³/mol. The third kappa shape index (κ3) is 7.14. The summed E-state index contributed by atoms with van der Waals surface area (Å²) in [7, 11) is 0. The lowest BCUT2D eigenvalue weighted by Gasteiger charge is -2.37. The molecule has 0 bridgehead atoms. The fraction of sp³-hybridized carbons (Fsp3) is 0.593. The van der Waals surface area contributed by atoms with Gasteiger partial charge in [0.2, 0.25) is 0 Å². The smallest absolute Gasteiger partial charge is 0.417 e. The Morgan fingerprint density at radius 3 is 2.51 bits per heavy atom. The van der Waals surface area contributed by atoms with Gasteiger partial charge in [0, 0.05) is 24.1 Å². The van der Waals surface area contributed by atoms with E-state index in [1.165, 1.54) is 28.9 Å². The Hall–Kier alpha value is -3.02. The van der Waals surface area contributed by atoms with Crippen LogP contribution in [0.5, 0.6) is 0 Å². The minimum Gasteiger partial charge on any atom is -0.481 e. The highest BCUT2D eigenvalue weighted by Crippen LogP contribution is 2.40. The topological polar surface area (TPSA) is 87.5 Å². The third-order valence-electron chi connectivity index (χ3n) is 7.57. The second kappa shape index (κ2) is 11.6. The first-order valence-corrected chi connectivity index (χ1v) is 13.2. The number of hydrogen-bond acceptors (Lipinski definition) is 4. The molecule has 1 aromatic heterocycles. The number of carbonyl (C=O) groups is 2. The number of halogens is 5. The molecule has 2 fully saturated rings. The van der Waals surface area contributed by atoms with Crippen LogP contribution in [0.1, 0.15) is 80.4 Å². The number of carbonyl (C=O) groups excluding carboxylic acids is 1. The van der Waals surface area contributed by atoms with Gasteiger partial charge in [0.15, 0.2) is 5.69 Å². The van der Waals surface area contributed by atoms with Crippen LogP contribution in [-0.4, -0.2) is 62.8 Å². The molecule has 2 aliphatic rings. The molecule has 2 aromatic rings. The van der Waals surface area contributed by atoms with E-state index in [2.05, 4.69) is 10.4 Å². The molecule has 12 heteroatoms. The maximum atomic E-state index is 13.9. The van der Waals surface area contributed by atoms with Crippen LogP contribution in [0.3, 0.4) is 0 Å². The van der Waals surface area contributed by atoms with E-state index < -0.39 is 54.6 Å². The minimum atomic E-state index is -4.61. The maximum absolute atomic E-state index is 13.9. The van der Waals surface area contributed by atoms with E-state index in [1.54, 1.807) is 11.8 Å². The highest BCUT2D eigenvalue weighted by atomic mass is 19.4. The summed E-state index contributed by atoms with van der Waals surface area (Å²) in [6.07, 6.45) is -1.62. The standard InChI is InChI=1S/C27H33F5N4O3/c1-17(35-12-6-11-26(28,29)16-35)13-18(14-24(37)38)33-25(39)22-15-23(36(34-22)19-7-2-3-8-19)20-9-4-5-10-21(20)27(30,31)32/h4-5,9-10,15,17-19H,2-3,6-8,11-14,16H2,1H3,(H,33,39)(H,37,38)/t17-,18-/m0/s1. The van der Waals surface area contributed by atoms with E-state index in [0.29, 0.717) is 25.8 Å². The first-order chi connectivity index (χ1) is 18.3. The molecule has 1 aromatic carbocycles. The van der Waals surface area contributed by atoms with Gasteiger partial charge in [0.05, 0.1) is 30.3 Å². The summed E-state index contributed by atoms with van der Waals surface area (Å²) < 4.78 is 70.7. The van der Waals surface area contributed by atoms with Gasteiger partial charge in [0.1, 0.15) is 0 Å². The number of nitrogens with one attached hydrogen (secondary N) is 1. The lowest BCUT2D eigenvalue weighted by Crippen LogP contribution is -2.49. The van der Waals surface area contributed by atoms with Crippen molar-refractivity contribution in [2.45, 2.75) is 88.5 Å². The van der Waals surface area contributed by atoms with Crippen molar-refractivity contribution in [3.05, 3.63) is 41.6 Å². The van der Waals surface area contributed by atoms with Crippen LogP contribution in [0, 0.1) is 0 Å². The van der Waals surface area contributed by atoms with Crippen molar-refractivity contribution in [3.8, 4) is 11.3 Å². The Kier molecular flexibility index (Phi) is 8.63. The SMILES string of the molecule is C[C@@H](C[C@@H](CC(=O)O)NC(=O)c1cc(-c2ccccc2C(F)(F)F)n(C2CCCC2)n1)N1CCCC(F)(F)C1. The summed E-state index contributed by atoms with van der Waals surface area (Å²) in [6.45, 7) is 1.72. The monoisotopic (exact) mass is 556 g/mol. The van der Waals surface area contributed by atoms with Crippen LogP contribution >= 0.6 is 0 Å². The van der Waals surface area contributed by atoms with Gasteiger partial charge in [0.25, 0.3) is 11.8 Å². The van der Waals surface area contributed by atoms with E-state index in [-0.39, 0.29) is 35.8 Å². The Labute approximate surface area is 223 Å². The zero-order chi connectivity index (χ0) is 28.4. The summed E-state index contributed by atoms with van der Waals surface area (Å²) in [5.74, 6) is -4.72. The van der Waals surface area contributed by atoms with E-state index in [1.807, 2.05) is 0 Å². The average Bonchev–Trinajstić information content (AvgIpc) is 3.52. The van der Waals surface area contributed by atoms with Gasteiger partial charge < -0.3 is 10.4 Å². The predicted octanol–water partition coefficient (Wildman–Crippen LogP) is 5.77. The normalized spacial score (nSPS) is 20.1. The first kappa shape index (κ1) is 29.0. The number of rotatable bonds is 9.